The average Bonchev–Trinajstić information content (AvgIpc) is 3.16. The van der Waals surface area contributed by atoms with Gasteiger partial charge in [-0.3, -0.25) is 18.9 Å². The number of hydrogen-bond donors (Lipinski definition) is 1. The van der Waals surface area contributed by atoms with E-state index in [1.54, 1.807) is 10.5 Å². The zero-order valence-electron chi connectivity index (χ0n) is 20.5. The van der Waals surface area contributed by atoms with Crippen molar-refractivity contribution >= 4 is 17.2 Å². The maximum absolute atomic E-state index is 12.9. The van der Waals surface area contributed by atoms with E-state index in [4.69, 9.17) is 4.18 Å². The Balaban J connectivity index is 1.36. The summed E-state index contributed by atoms with van der Waals surface area (Å²) in [5, 5.41) is 2.94. The predicted octanol–water partition coefficient (Wildman–Crippen LogP) is 4.09. The molecule has 1 fully saturated rings. The number of hydrogen-bond acceptors (Lipinski definition) is 5. The summed E-state index contributed by atoms with van der Waals surface area (Å²) in [7, 11) is 1.41. The van der Waals surface area contributed by atoms with E-state index in [1.165, 1.54) is 19.2 Å². The van der Waals surface area contributed by atoms with Crippen molar-refractivity contribution in [3.05, 3.63) is 64.5 Å². The third kappa shape index (κ3) is 5.96. The number of benzene rings is 1. The normalized spacial score (nSPS) is 19.8. The highest BCUT2D eigenvalue weighted by atomic mass is 32.2. The van der Waals surface area contributed by atoms with E-state index in [0.29, 0.717) is 44.2 Å². The molecule has 1 N–H and O–H groups in total. The molecule has 1 saturated heterocycles. The summed E-state index contributed by atoms with van der Waals surface area (Å²) in [6, 6.07) is 7.14. The van der Waals surface area contributed by atoms with Gasteiger partial charge in [-0.1, -0.05) is 26.0 Å². The largest absolute Gasteiger partial charge is 0.416 e. The van der Waals surface area contributed by atoms with Gasteiger partial charge in [0.15, 0.2) is 0 Å². The molecule has 36 heavy (non-hydrogen) atoms. The molecule has 1 amide bonds. The van der Waals surface area contributed by atoms with Gasteiger partial charge in [-0.2, -0.15) is 13.2 Å². The quantitative estimate of drug-likeness (QED) is 0.535. The number of nitrogens with zero attached hydrogens (tertiary/aromatic N) is 3. The molecule has 0 bridgehead atoms. The number of nitrogens with one attached hydrogen (secondary N) is 1. The monoisotopic (exact) mass is 524 g/mol. The second-order valence-corrected chi connectivity index (χ2v) is 11.0. The van der Waals surface area contributed by atoms with Gasteiger partial charge in [-0.05, 0) is 47.6 Å². The molecule has 0 aliphatic carbocycles. The van der Waals surface area contributed by atoms with Gasteiger partial charge in [0.1, 0.15) is 0 Å². The maximum atomic E-state index is 12.9. The number of fused-ring (bicyclic) bond motifs is 1. The molecule has 2 aromatic rings. The van der Waals surface area contributed by atoms with Crippen LogP contribution in [-0.2, 0) is 34.7 Å². The Bertz CT molecular complexity index is 1100. The second kappa shape index (κ2) is 11.0. The first kappa shape index (κ1) is 26.7. The fourth-order valence-corrected chi connectivity index (χ4v) is 5.75. The fraction of sp³-hybridized carbons (Fsp3) is 0.520. The van der Waals surface area contributed by atoms with Gasteiger partial charge in [0.2, 0.25) is 11.3 Å². The van der Waals surface area contributed by atoms with Crippen molar-refractivity contribution in [1.29, 1.82) is 0 Å². The molecule has 2 aliphatic rings. The first-order chi connectivity index (χ1) is 17.1. The number of rotatable bonds is 9. The van der Waals surface area contributed by atoms with Crippen molar-refractivity contribution in [2.24, 2.45) is 11.8 Å². The topological polar surface area (TPSA) is 74.8 Å². The number of aromatic nitrogens is 1. The Morgan fingerprint density at radius 2 is 1.94 bits per heavy atom. The molecule has 7 nitrogen and oxygen atoms in total. The molecule has 3 heterocycles. The highest BCUT2D eigenvalue weighted by Crippen LogP contribution is 2.39. The number of amides is 1. The molecule has 0 radical (unpaired) electrons. The lowest BCUT2D eigenvalue weighted by Gasteiger charge is -2.36. The van der Waals surface area contributed by atoms with Crippen molar-refractivity contribution in [2.45, 2.75) is 45.6 Å². The Morgan fingerprint density at radius 1 is 1.25 bits per heavy atom. The highest BCUT2D eigenvalue weighted by molar-refractivity contribution is 7.77. The lowest BCUT2D eigenvalue weighted by atomic mass is 9.98. The lowest BCUT2D eigenvalue weighted by molar-refractivity contribution is -0.137. The summed E-state index contributed by atoms with van der Waals surface area (Å²) in [5.74, 6) is 0.416. The van der Waals surface area contributed by atoms with Gasteiger partial charge in [-0.25, -0.2) is 8.51 Å². The summed E-state index contributed by atoms with van der Waals surface area (Å²) in [6.45, 7) is 7.12. The van der Waals surface area contributed by atoms with Crippen LogP contribution in [0.1, 0.15) is 59.1 Å². The molecule has 2 atom stereocenters. The van der Waals surface area contributed by atoms with Crippen LogP contribution in [-0.4, -0.2) is 51.0 Å². The summed E-state index contributed by atoms with van der Waals surface area (Å²) in [4.78, 5) is 19.5. The molecule has 196 valence electrons. The Kier molecular flexibility index (Phi) is 8.13. The third-order valence-electron chi connectivity index (χ3n) is 6.72. The van der Waals surface area contributed by atoms with E-state index in [0.717, 1.165) is 35.4 Å². The minimum absolute atomic E-state index is 0.0126. The van der Waals surface area contributed by atoms with E-state index >= 15 is 0 Å². The van der Waals surface area contributed by atoms with Crippen molar-refractivity contribution < 1.29 is 26.4 Å². The SMILES string of the molecule is COS(=O)N1CC(CCNC(=O)c2cnc3c(c2)CN(Cc2ccc(C(F)(F)F)cc2)C3C(C)C)C1. The Labute approximate surface area is 211 Å². The molecular formula is C25H31F3N4O3S. The first-order valence-corrected chi connectivity index (χ1v) is 13.0. The van der Waals surface area contributed by atoms with Gasteiger partial charge in [0, 0.05) is 38.9 Å². The number of alkyl halides is 3. The molecule has 1 aromatic heterocycles. The molecular weight excluding hydrogens is 493 g/mol. The van der Waals surface area contributed by atoms with E-state index in [1.807, 2.05) is 6.07 Å². The summed E-state index contributed by atoms with van der Waals surface area (Å²) < 4.78 is 56.8. The second-order valence-electron chi connectivity index (χ2n) is 9.70. The fourth-order valence-electron chi connectivity index (χ4n) is 4.88. The number of pyridine rings is 1. The van der Waals surface area contributed by atoms with Crippen molar-refractivity contribution in [2.75, 3.05) is 26.7 Å². The van der Waals surface area contributed by atoms with Crippen molar-refractivity contribution in [1.82, 2.24) is 19.5 Å². The molecule has 0 saturated carbocycles. The zero-order chi connectivity index (χ0) is 26.0. The van der Waals surface area contributed by atoms with Crippen LogP contribution in [0.2, 0.25) is 0 Å². The minimum atomic E-state index is -4.35. The molecule has 4 rings (SSSR count). The van der Waals surface area contributed by atoms with E-state index < -0.39 is 23.0 Å². The van der Waals surface area contributed by atoms with Crippen LogP contribution in [0.3, 0.4) is 0 Å². The average molecular weight is 525 g/mol. The van der Waals surface area contributed by atoms with E-state index in [9.17, 15) is 22.2 Å². The molecule has 2 aliphatic heterocycles. The number of carbonyl (C=O) groups excluding carboxylic acids is 1. The van der Waals surface area contributed by atoms with Crippen LogP contribution < -0.4 is 5.32 Å². The van der Waals surface area contributed by atoms with Crippen LogP contribution in [0.15, 0.2) is 36.5 Å². The standard InChI is InChI=1S/C25H31F3N4O3S/c1-16(2)23-22-20(15-31(23)12-17-4-6-21(7-5-17)25(26,27)28)10-19(11-30-22)24(33)29-9-8-18-13-32(14-18)36(34)35-3/h4-7,10-11,16,18,23H,8-9,12-15H2,1-3H3,(H,29,33). The Morgan fingerprint density at radius 3 is 2.56 bits per heavy atom. The third-order valence-corrected chi connectivity index (χ3v) is 7.73. The van der Waals surface area contributed by atoms with Crippen molar-refractivity contribution in [3.8, 4) is 0 Å². The van der Waals surface area contributed by atoms with E-state index in [-0.39, 0.29) is 17.9 Å². The van der Waals surface area contributed by atoms with E-state index in [2.05, 4.69) is 29.0 Å². The summed E-state index contributed by atoms with van der Waals surface area (Å²) >= 11 is -1.39. The minimum Gasteiger partial charge on any atom is -0.352 e. The highest BCUT2D eigenvalue weighted by Gasteiger charge is 2.35. The van der Waals surface area contributed by atoms with Gasteiger partial charge in [0.25, 0.3) is 5.91 Å². The Hall–Kier alpha value is -2.34. The number of halogens is 3. The van der Waals surface area contributed by atoms with Gasteiger partial charge < -0.3 is 5.32 Å². The van der Waals surface area contributed by atoms with Gasteiger partial charge >= 0.3 is 6.18 Å². The lowest BCUT2D eigenvalue weighted by Crippen LogP contribution is -2.48. The van der Waals surface area contributed by atoms with Crippen LogP contribution in [0.25, 0.3) is 0 Å². The smallest absolute Gasteiger partial charge is 0.352 e. The first-order valence-electron chi connectivity index (χ1n) is 11.9. The van der Waals surface area contributed by atoms with Gasteiger partial charge in [0.05, 0.1) is 30.0 Å². The molecule has 11 heteroatoms. The van der Waals surface area contributed by atoms with Crippen LogP contribution in [0.4, 0.5) is 13.2 Å². The van der Waals surface area contributed by atoms with Crippen LogP contribution >= 0.6 is 0 Å². The number of carbonyl (C=O) groups is 1. The molecule has 2 unspecified atom stereocenters. The molecule has 0 spiro atoms. The summed E-state index contributed by atoms with van der Waals surface area (Å²) in [5.41, 5.74) is 2.50. The van der Waals surface area contributed by atoms with Crippen molar-refractivity contribution in [3.63, 3.8) is 0 Å². The van der Waals surface area contributed by atoms with Crippen LogP contribution in [0, 0.1) is 11.8 Å². The van der Waals surface area contributed by atoms with Crippen LogP contribution in [0.5, 0.6) is 0 Å². The summed E-state index contributed by atoms with van der Waals surface area (Å²) in [6.07, 6.45) is -1.97. The van der Waals surface area contributed by atoms with Gasteiger partial charge in [-0.15, -0.1) is 0 Å². The predicted molar refractivity (Wildman–Crippen MR) is 130 cm³/mol. The zero-order valence-corrected chi connectivity index (χ0v) is 21.4. The molecule has 1 aromatic carbocycles. The maximum Gasteiger partial charge on any atom is 0.416 e.